The number of nitrogens with one attached hydrogen (secondary N) is 1. The first-order valence-electron chi connectivity index (χ1n) is 10.8. The molecule has 0 unspecified atom stereocenters. The van der Waals surface area contributed by atoms with Gasteiger partial charge in [0.25, 0.3) is 0 Å². The number of amidine groups is 1. The van der Waals surface area contributed by atoms with Gasteiger partial charge in [-0.2, -0.15) is 0 Å². The lowest BCUT2D eigenvalue weighted by Gasteiger charge is -2.24. The number of guanidine groups is 1. The van der Waals surface area contributed by atoms with Crippen molar-refractivity contribution in [1.82, 2.24) is 0 Å². The number of hydrogen-bond donors (Lipinski definition) is 2. The number of nitrogen functional groups attached to an aromatic ring is 1. The first kappa shape index (κ1) is 22.1. The molecular weight excluding hydrogens is 414 g/mol. The van der Waals surface area contributed by atoms with Crippen LogP contribution in [0.1, 0.15) is 17.5 Å². The highest BCUT2D eigenvalue weighted by Crippen LogP contribution is 2.28. The summed E-state index contributed by atoms with van der Waals surface area (Å²) in [5.74, 6) is 0.677. The Morgan fingerprint density at radius 3 is 2.06 bits per heavy atom. The summed E-state index contributed by atoms with van der Waals surface area (Å²) in [5.41, 5.74) is 10.3. The van der Waals surface area contributed by atoms with Crippen LogP contribution in [-0.2, 0) is 16.0 Å². The number of anilines is 2. The minimum atomic E-state index is -0.206. The van der Waals surface area contributed by atoms with Crippen LogP contribution in [0.5, 0.6) is 0 Å². The first-order valence-corrected chi connectivity index (χ1v) is 10.8. The fourth-order valence-corrected chi connectivity index (χ4v) is 3.79. The van der Waals surface area contributed by atoms with Crippen molar-refractivity contribution in [2.75, 3.05) is 30.0 Å². The minimum Gasteiger partial charge on any atom is -0.469 e. The number of ether oxygens (including phenoxy) is 1. The number of esters is 1. The monoisotopic (exact) mass is 441 g/mol. The zero-order chi connectivity index (χ0) is 23.2. The van der Waals surface area contributed by atoms with Crippen LogP contribution in [0, 0.1) is 5.41 Å². The summed E-state index contributed by atoms with van der Waals surface area (Å²) >= 11 is 0. The molecule has 0 atom stereocenters. The number of methoxy groups -OCH3 is 1. The van der Waals surface area contributed by atoms with E-state index in [9.17, 15) is 4.79 Å². The van der Waals surface area contributed by atoms with Crippen LogP contribution in [0.25, 0.3) is 0 Å². The molecule has 0 aliphatic carbocycles. The van der Waals surface area contributed by atoms with Gasteiger partial charge in [-0.25, -0.2) is 4.99 Å². The summed E-state index contributed by atoms with van der Waals surface area (Å²) < 4.78 is 4.73. The van der Waals surface area contributed by atoms with E-state index in [1.165, 1.54) is 7.11 Å². The van der Waals surface area contributed by atoms with Gasteiger partial charge in [-0.05, 0) is 60.5 Å². The van der Waals surface area contributed by atoms with Gasteiger partial charge < -0.3 is 20.3 Å². The molecule has 4 rings (SSSR count). The molecule has 33 heavy (non-hydrogen) atoms. The fraction of sp³-hybridized carbons (Fsp3) is 0.192. The fourth-order valence-electron chi connectivity index (χ4n) is 3.79. The van der Waals surface area contributed by atoms with Gasteiger partial charge in [0.2, 0.25) is 5.96 Å². The molecular formula is C26H27N5O2. The average molecular weight is 442 g/mol. The Morgan fingerprint density at radius 2 is 1.52 bits per heavy atom. The van der Waals surface area contributed by atoms with Crippen molar-refractivity contribution in [3.8, 4) is 0 Å². The zero-order valence-corrected chi connectivity index (χ0v) is 18.6. The van der Waals surface area contributed by atoms with Crippen LogP contribution in [0.15, 0.2) is 83.9 Å². The third-order valence-electron chi connectivity index (χ3n) is 5.60. The van der Waals surface area contributed by atoms with E-state index in [1.807, 2.05) is 66.7 Å². The van der Waals surface area contributed by atoms with E-state index >= 15 is 0 Å². The Bertz CT molecular complexity index is 1140. The van der Waals surface area contributed by atoms with Crippen molar-refractivity contribution < 1.29 is 9.53 Å². The number of aliphatic imine (C=N–C) groups is 1. The van der Waals surface area contributed by atoms with Crippen molar-refractivity contribution in [3.63, 3.8) is 0 Å². The summed E-state index contributed by atoms with van der Waals surface area (Å²) in [7, 11) is 1.41. The second-order valence-corrected chi connectivity index (χ2v) is 7.75. The average Bonchev–Trinajstić information content (AvgIpc) is 3.26. The van der Waals surface area contributed by atoms with Crippen LogP contribution in [0.2, 0.25) is 0 Å². The SMILES string of the molecule is COC(=O)CCc1ccc(N2CCN(c3ccc(C(=N)N)cc3)C2=Nc2ccccc2)cc1. The van der Waals surface area contributed by atoms with Gasteiger partial charge in [0, 0.05) is 36.4 Å². The standard InChI is InChI=1S/C26H27N5O2/c1-33-24(32)16-9-19-7-12-22(13-8-19)30-17-18-31(23-14-10-20(11-15-23)25(27)28)26(30)29-21-5-3-2-4-6-21/h2-8,10-15H,9,16-18H2,1H3,(H3,27,28). The van der Waals surface area contributed by atoms with Gasteiger partial charge in [-0.1, -0.05) is 30.3 Å². The molecule has 1 aliphatic rings. The third kappa shape index (κ3) is 5.20. The summed E-state index contributed by atoms with van der Waals surface area (Å²) in [6.07, 6.45) is 1.01. The molecule has 0 radical (unpaired) electrons. The van der Waals surface area contributed by atoms with E-state index in [0.29, 0.717) is 18.4 Å². The van der Waals surface area contributed by atoms with E-state index in [0.717, 1.165) is 41.7 Å². The Labute approximate surface area is 193 Å². The van der Waals surface area contributed by atoms with Crippen molar-refractivity contribution in [2.24, 2.45) is 10.7 Å². The predicted octanol–water partition coefficient (Wildman–Crippen LogP) is 4.09. The number of hydrogen-bond acceptors (Lipinski definition) is 4. The molecule has 0 amide bonds. The summed E-state index contributed by atoms with van der Waals surface area (Å²) in [6, 6.07) is 25.8. The molecule has 1 aliphatic heterocycles. The maximum atomic E-state index is 11.4. The maximum absolute atomic E-state index is 11.4. The topological polar surface area (TPSA) is 95.0 Å². The van der Waals surface area contributed by atoms with E-state index in [1.54, 1.807) is 0 Å². The van der Waals surface area contributed by atoms with Crippen LogP contribution >= 0.6 is 0 Å². The molecule has 3 N–H and O–H groups in total. The van der Waals surface area contributed by atoms with E-state index in [2.05, 4.69) is 21.9 Å². The third-order valence-corrected chi connectivity index (χ3v) is 5.60. The molecule has 3 aromatic rings. The molecule has 1 heterocycles. The minimum absolute atomic E-state index is 0.0510. The molecule has 0 bridgehead atoms. The summed E-state index contributed by atoms with van der Waals surface area (Å²) in [6.45, 7) is 1.55. The second kappa shape index (κ2) is 9.99. The van der Waals surface area contributed by atoms with Crippen molar-refractivity contribution >= 4 is 34.8 Å². The van der Waals surface area contributed by atoms with Gasteiger partial charge >= 0.3 is 5.97 Å². The number of nitrogens with zero attached hydrogens (tertiary/aromatic N) is 3. The molecule has 0 spiro atoms. The van der Waals surface area contributed by atoms with Gasteiger partial charge in [0.05, 0.1) is 12.8 Å². The van der Waals surface area contributed by atoms with Crippen molar-refractivity contribution in [3.05, 3.63) is 90.0 Å². The van der Waals surface area contributed by atoms with E-state index in [-0.39, 0.29) is 11.8 Å². The van der Waals surface area contributed by atoms with Crippen LogP contribution in [0.3, 0.4) is 0 Å². The molecule has 168 valence electrons. The molecule has 3 aromatic carbocycles. The lowest BCUT2D eigenvalue weighted by atomic mass is 10.1. The Balaban J connectivity index is 1.62. The number of aryl methyl sites for hydroxylation is 1. The lowest BCUT2D eigenvalue weighted by Crippen LogP contribution is -2.33. The lowest BCUT2D eigenvalue weighted by molar-refractivity contribution is -0.140. The number of rotatable bonds is 7. The largest absolute Gasteiger partial charge is 0.469 e. The smallest absolute Gasteiger partial charge is 0.305 e. The van der Waals surface area contributed by atoms with Crippen molar-refractivity contribution in [1.29, 1.82) is 5.41 Å². The first-order chi connectivity index (χ1) is 16.0. The van der Waals surface area contributed by atoms with E-state index in [4.69, 9.17) is 20.9 Å². The van der Waals surface area contributed by atoms with Gasteiger partial charge in [-0.3, -0.25) is 10.2 Å². The molecule has 7 heteroatoms. The normalized spacial score (nSPS) is 14.5. The van der Waals surface area contributed by atoms with Crippen LogP contribution < -0.4 is 15.5 Å². The van der Waals surface area contributed by atoms with Crippen LogP contribution in [-0.4, -0.2) is 38.0 Å². The molecule has 0 saturated carbocycles. The molecule has 0 aromatic heterocycles. The number of carbonyl (C=O) groups is 1. The predicted molar refractivity (Wildman–Crippen MR) is 132 cm³/mol. The highest BCUT2D eigenvalue weighted by atomic mass is 16.5. The van der Waals surface area contributed by atoms with Gasteiger partial charge in [0.1, 0.15) is 5.84 Å². The molecule has 1 fully saturated rings. The second-order valence-electron chi connectivity index (χ2n) is 7.75. The van der Waals surface area contributed by atoms with Gasteiger partial charge in [-0.15, -0.1) is 0 Å². The quantitative estimate of drug-likeness (QED) is 0.327. The summed E-state index contributed by atoms with van der Waals surface area (Å²) in [5, 5.41) is 7.64. The van der Waals surface area contributed by atoms with Crippen molar-refractivity contribution in [2.45, 2.75) is 12.8 Å². The highest BCUT2D eigenvalue weighted by molar-refractivity contribution is 6.10. The number of carbonyl (C=O) groups excluding carboxylic acids is 1. The van der Waals surface area contributed by atoms with Crippen LogP contribution in [0.4, 0.5) is 17.1 Å². The molecule has 1 saturated heterocycles. The summed E-state index contributed by atoms with van der Waals surface area (Å²) in [4.78, 5) is 20.8. The highest BCUT2D eigenvalue weighted by Gasteiger charge is 2.29. The zero-order valence-electron chi connectivity index (χ0n) is 18.6. The number of nitrogens with two attached hydrogens (primary N) is 1. The maximum Gasteiger partial charge on any atom is 0.305 e. The molecule has 7 nitrogen and oxygen atoms in total. The number of benzene rings is 3. The van der Waals surface area contributed by atoms with E-state index < -0.39 is 0 Å². The Morgan fingerprint density at radius 1 is 0.939 bits per heavy atom. The number of para-hydroxylation sites is 1. The Kier molecular flexibility index (Phi) is 6.69. The Hall–Kier alpha value is -4.13. The van der Waals surface area contributed by atoms with Gasteiger partial charge in [0.15, 0.2) is 0 Å².